The van der Waals surface area contributed by atoms with Crippen molar-refractivity contribution in [2.45, 2.75) is 0 Å². The molecular weight excluding hydrogens is 531 g/mol. The highest BCUT2D eigenvalue weighted by molar-refractivity contribution is 9.10. The number of aromatic nitrogens is 3. The van der Waals surface area contributed by atoms with Crippen LogP contribution in [0.25, 0.3) is 5.82 Å². The lowest BCUT2D eigenvalue weighted by Gasteiger charge is -2.14. The van der Waals surface area contributed by atoms with Crippen LogP contribution in [-0.2, 0) is 0 Å². The fraction of sp³-hybridized carbons (Fsp3) is 0.0526. The number of benzene rings is 1. The van der Waals surface area contributed by atoms with Crippen LogP contribution in [0.3, 0.4) is 0 Å². The third-order valence-corrected chi connectivity index (χ3v) is 5.04. The van der Waals surface area contributed by atoms with Crippen molar-refractivity contribution in [1.29, 1.82) is 0 Å². The standard InChI is InChI=1S/C19H14BrCl3N6O2/c1-2-5-25-27-18(30)11-7-10(21)8-13(23)16(11)26-19(31)14-9-15(20)28-29(14)17-12(22)4-3-6-24-17/h2-4,6-9,25H,1,5H2,(H,26,31)(H,27,30). The van der Waals surface area contributed by atoms with E-state index in [0.717, 1.165) is 0 Å². The Bertz CT molecular complexity index is 1170. The summed E-state index contributed by atoms with van der Waals surface area (Å²) in [5.41, 5.74) is 5.38. The van der Waals surface area contributed by atoms with Crippen molar-refractivity contribution in [1.82, 2.24) is 25.6 Å². The maximum absolute atomic E-state index is 13.1. The van der Waals surface area contributed by atoms with Gasteiger partial charge in [-0.05, 0) is 40.2 Å². The summed E-state index contributed by atoms with van der Waals surface area (Å²) in [6.07, 6.45) is 3.09. The molecule has 31 heavy (non-hydrogen) atoms. The first kappa shape index (κ1) is 23.2. The van der Waals surface area contributed by atoms with Crippen LogP contribution in [0.4, 0.5) is 5.69 Å². The number of carbonyl (C=O) groups is 2. The van der Waals surface area contributed by atoms with Crippen molar-refractivity contribution >= 4 is 68.2 Å². The van der Waals surface area contributed by atoms with Gasteiger partial charge >= 0.3 is 0 Å². The van der Waals surface area contributed by atoms with Gasteiger partial charge in [0.1, 0.15) is 10.3 Å². The van der Waals surface area contributed by atoms with Gasteiger partial charge in [-0.1, -0.05) is 40.9 Å². The molecule has 8 nitrogen and oxygen atoms in total. The molecule has 160 valence electrons. The highest BCUT2D eigenvalue weighted by Crippen LogP contribution is 2.31. The predicted octanol–water partition coefficient (Wildman–Crippen LogP) is 4.66. The zero-order valence-electron chi connectivity index (χ0n) is 15.6. The Morgan fingerprint density at radius 3 is 2.65 bits per heavy atom. The molecule has 0 aliphatic carbocycles. The van der Waals surface area contributed by atoms with E-state index < -0.39 is 11.8 Å². The minimum absolute atomic E-state index is 0.0587. The summed E-state index contributed by atoms with van der Waals surface area (Å²) in [4.78, 5) is 29.8. The van der Waals surface area contributed by atoms with Crippen molar-refractivity contribution < 1.29 is 9.59 Å². The maximum Gasteiger partial charge on any atom is 0.274 e. The second-order valence-corrected chi connectivity index (χ2v) is 8.02. The zero-order chi connectivity index (χ0) is 22.5. The van der Waals surface area contributed by atoms with Gasteiger partial charge in [-0.2, -0.15) is 5.10 Å². The summed E-state index contributed by atoms with van der Waals surface area (Å²) in [6.45, 7) is 3.88. The minimum Gasteiger partial charge on any atom is -0.319 e. The van der Waals surface area contributed by atoms with Gasteiger partial charge in [-0.25, -0.2) is 15.1 Å². The molecule has 0 saturated heterocycles. The average Bonchev–Trinajstić information content (AvgIpc) is 3.11. The van der Waals surface area contributed by atoms with E-state index in [1.807, 2.05) is 0 Å². The normalized spacial score (nSPS) is 10.6. The van der Waals surface area contributed by atoms with Gasteiger partial charge in [0.05, 0.1) is 21.3 Å². The first-order valence-electron chi connectivity index (χ1n) is 8.62. The SMILES string of the molecule is C=CCNNC(=O)c1cc(Cl)cc(Cl)c1NC(=O)c1cc(Br)nn1-c1ncccc1Cl. The van der Waals surface area contributed by atoms with Crippen molar-refractivity contribution in [3.05, 3.63) is 80.1 Å². The van der Waals surface area contributed by atoms with Gasteiger partial charge in [0.25, 0.3) is 11.8 Å². The van der Waals surface area contributed by atoms with Crippen LogP contribution in [-0.4, -0.2) is 33.1 Å². The van der Waals surface area contributed by atoms with Gasteiger partial charge in [0.15, 0.2) is 5.82 Å². The highest BCUT2D eigenvalue weighted by Gasteiger charge is 2.23. The Kier molecular flexibility index (Phi) is 7.69. The zero-order valence-corrected chi connectivity index (χ0v) is 19.5. The molecule has 3 aromatic rings. The number of hydrogen-bond acceptors (Lipinski definition) is 5. The van der Waals surface area contributed by atoms with Gasteiger partial charge in [-0.15, -0.1) is 6.58 Å². The van der Waals surface area contributed by atoms with Gasteiger partial charge < -0.3 is 5.32 Å². The molecule has 2 amide bonds. The summed E-state index contributed by atoms with van der Waals surface area (Å²) in [5, 5.41) is 7.47. The van der Waals surface area contributed by atoms with Crippen molar-refractivity contribution in [3.8, 4) is 5.82 Å². The van der Waals surface area contributed by atoms with E-state index in [4.69, 9.17) is 34.8 Å². The quantitative estimate of drug-likeness (QED) is 0.228. The number of hydrogen-bond donors (Lipinski definition) is 3. The second kappa shape index (κ2) is 10.3. The number of amides is 2. The molecule has 0 aliphatic rings. The Hall–Kier alpha value is -2.43. The van der Waals surface area contributed by atoms with Crippen LogP contribution >= 0.6 is 50.7 Å². The fourth-order valence-corrected chi connectivity index (χ4v) is 3.65. The Balaban J connectivity index is 1.97. The van der Waals surface area contributed by atoms with Crippen molar-refractivity contribution in [2.24, 2.45) is 0 Å². The molecule has 0 saturated carbocycles. The number of rotatable bonds is 7. The van der Waals surface area contributed by atoms with Crippen LogP contribution in [0.15, 0.2) is 53.8 Å². The fourth-order valence-electron chi connectivity index (χ4n) is 2.54. The number of nitrogens with zero attached hydrogens (tertiary/aromatic N) is 3. The van der Waals surface area contributed by atoms with Crippen LogP contribution in [0.2, 0.25) is 15.1 Å². The van der Waals surface area contributed by atoms with Crippen molar-refractivity contribution in [2.75, 3.05) is 11.9 Å². The van der Waals surface area contributed by atoms with Gasteiger partial charge in [0, 0.05) is 23.8 Å². The summed E-state index contributed by atoms with van der Waals surface area (Å²) in [7, 11) is 0. The smallest absolute Gasteiger partial charge is 0.274 e. The van der Waals surface area contributed by atoms with E-state index in [1.54, 1.807) is 18.2 Å². The summed E-state index contributed by atoms with van der Waals surface area (Å²) >= 11 is 21.8. The Morgan fingerprint density at radius 2 is 1.94 bits per heavy atom. The molecule has 0 spiro atoms. The summed E-state index contributed by atoms with van der Waals surface area (Å²) in [5.74, 6) is -0.893. The average molecular weight is 545 g/mol. The molecule has 12 heteroatoms. The number of nitrogens with one attached hydrogen (secondary N) is 3. The maximum atomic E-state index is 13.1. The lowest BCUT2D eigenvalue weighted by Crippen LogP contribution is -2.37. The first-order chi connectivity index (χ1) is 14.8. The highest BCUT2D eigenvalue weighted by atomic mass is 79.9. The largest absolute Gasteiger partial charge is 0.319 e. The predicted molar refractivity (Wildman–Crippen MR) is 124 cm³/mol. The Labute approximate surface area is 200 Å². The van der Waals surface area contributed by atoms with E-state index in [0.29, 0.717) is 16.2 Å². The van der Waals surface area contributed by atoms with Gasteiger partial charge in [-0.3, -0.25) is 15.0 Å². The lowest BCUT2D eigenvalue weighted by atomic mass is 10.1. The third kappa shape index (κ3) is 5.44. The van der Waals surface area contributed by atoms with Crippen LogP contribution in [0, 0.1) is 0 Å². The lowest BCUT2D eigenvalue weighted by molar-refractivity contribution is 0.0936. The Morgan fingerprint density at radius 1 is 1.16 bits per heavy atom. The second-order valence-electron chi connectivity index (χ2n) is 5.96. The molecule has 3 N–H and O–H groups in total. The van der Waals surface area contributed by atoms with E-state index in [9.17, 15) is 9.59 Å². The number of halogens is 4. The van der Waals surface area contributed by atoms with E-state index in [2.05, 4.69) is 48.8 Å². The first-order valence-corrected chi connectivity index (χ1v) is 10.6. The molecule has 1 aromatic carbocycles. The van der Waals surface area contributed by atoms with E-state index in [1.165, 1.54) is 29.1 Å². The molecule has 0 bridgehead atoms. The number of anilines is 1. The number of hydrazine groups is 1. The minimum atomic E-state index is -0.600. The molecule has 0 radical (unpaired) electrons. The molecule has 0 unspecified atom stereocenters. The van der Waals surface area contributed by atoms with Crippen LogP contribution < -0.4 is 16.2 Å². The van der Waals surface area contributed by atoms with E-state index in [-0.39, 0.29) is 32.8 Å². The summed E-state index contributed by atoms with van der Waals surface area (Å²) in [6, 6.07) is 7.56. The summed E-state index contributed by atoms with van der Waals surface area (Å²) < 4.78 is 1.66. The molecule has 0 aliphatic heterocycles. The molecule has 3 rings (SSSR count). The number of carbonyl (C=O) groups excluding carboxylic acids is 2. The molecule has 0 atom stereocenters. The van der Waals surface area contributed by atoms with Crippen LogP contribution in [0.5, 0.6) is 0 Å². The molecule has 0 fully saturated rings. The third-order valence-electron chi connectivity index (χ3n) is 3.84. The molecule has 2 aromatic heterocycles. The monoisotopic (exact) mass is 542 g/mol. The van der Waals surface area contributed by atoms with Crippen molar-refractivity contribution in [3.63, 3.8) is 0 Å². The van der Waals surface area contributed by atoms with Crippen LogP contribution in [0.1, 0.15) is 20.8 Å². The van der Waals surface area contributed by atoms with Gasteiger partial charge in [0.2, 0.25) is 0 Å². The number of pyridine rings is 1. The topological polar surface area (TPSA) is 101 Å². The molecular formula is C19H14BrCl3N6O2. The van der Waals surface area contributed by atoms with E-state index >= 15 is 0 Å². The molecule has 2 heterocycles.